The van der Waals surface area contributed by atoms with E-state index in [-0.39, 0.29) is 5.56 Å². The molecule has 3 nitrogen and oxygen atoms in total. The quantitative estimate of drug-likeness (QED) is 0.458. The maximum atomic E-state index is 11.9. The molecule has 80 valence electrons. The minimum Gasteiger partial charge on any atom is -0.290 e. The second-order valence-corrected chi connectivity index (χ2v) is 5.32. The maximum Gasteiger partial charge on any atom is 0.267 e. The Hall–Kier alpha value is -0.680. The molecule has 0 amide bonds. The molecule has 0 saturated carbocycles. The third-order valence-electron chi connectivity index (χ3n) is 2.19. The van der Waals surface area contributed by atoms with Gasteiger partial charge in [0.2, 0.25) is 0 Å². The lowest BCUT2D eigenvalue weighted by Gasteiger charge is -2.07. The molecule has 0 unspecified atom stereocenters. The summed E-state index contributed by atoms with van der Waals surface area (Å²) in [5.41, 5.74) is 1.06. The molecule has 0 N–H and O–H groups in total. The zero-order valence-electron chi connectivity index (χ0n) is 8.52. The normalized spacial score (nSPS) is 13.9. The highest BCUT2D eigenvalue weighted by Crippen LogP contribution is 2.28. The zero-order valence-corrected chi connectivity index (χ0v) is 10.2. The van der Waals surface area contributed by atoms with Crippen molar-refractivity contribution in [2.75, 3.05) is 11.5 Å². The Morgan fingerprint density at radius 2 is 2.53 bits per heavy atom. The van der Waals surface area contributed by atoms with Gasteiger partial charge in [-0.1, -0.05) is 17.8 Å². The summed E-state index contributed by atoms with van der Waals surface area (Å²) in [4.78, 5) is 17.2. The van der Waals surface area contributed by atoms with Gasteiger partial charge in [-0.25, -0.2) is 4.98 Å². The molecule has 1 aromatic heterocycles. The van der Waals surface area contributed by atoms with Gasteiger partial charge in [0.05, 0.1) is 10.6 Å². The Morgan fingerprint density at radius 1 is 1.73 bits per heavy atom. The lowest BCUT2D eigenvalue weighted by molar-refractivity contribution is 0.669. The number of fused-ring (bicyclic) bond motifs is 1. The molecular formula is C10H12N2OS2. The van der Waals surface area contributed by atoms with Gasteiger partial charge in [0.15, 0.2) is 5.16 Å². The molecule has 0 fully saturated rings. The third-order valence-corrected chi connectivity index (χ3v) is 4.33. The highest BCUT2D eigenvalue weighted by molar-refractivity contribution is 7.99. The van der Waals surface area contributed by atoms with Gasteiger partial charge in [-0.3, -0.25) is 9.36 Å². The number of aryl methyl sites for hydroxylation is 1. The Bertz CT molecular complexity index is 453. The summed E-state index contributed by atoms with van der Waals surface area (Å²) in [6, 6.07) is 0. The van der Waals surface area contributed by atoms with Crippen molar-refractivity contribution in [2.45, 2.75) is 16.5 Å². The standard InChI is InChI=1S/C10H12N2OS2/c1-3-5-15-10-11-7-4-6-14-8(7)9(13)12(10)2/h3H,1,4-6H2,2H3. The molecule has 0 aromatic carbocycles. The van der Waals surface area contributed by atoms with Crippen molar-refractivity contribution in [3.8, 4) is 0 Å². The van der Waals surface area contributed by atoms with E-state index < -0.39 is 0 Å². The van der Waals surface area contributed by atoms with Gasteiger partial charge in [0, 0.05) is 25.0 Å². The summed E-state index contributed by atoms with van der Waals surface area (Å²) < 4.78 is 1.63. The first-order valence-electron chi connectivity index (χ1n) is 4.70. The summed E-state index contributed by atoms with van der Waals surface area (Å²) in [5.74, 6) is 1.76. The predicted octanol–water partition coefficient (Wildman–Crippen LogP) is 1.71. The van der Waals surface area contributed by atoms with Crippen LogP contribution in [0.2, 0.25) is 0 Å². The topological polar surface area (TPSA) is 34.9 Å². The van der Waals surface area contributed by atoms with Gasteiger partial charge in [0.1, 0.15) is 0 Å². The van der Waals surface area contributed by atoms with Crippen LogP contribution in [0.3, 0.4) is 0 Å². The van der Waals surface area contributed by atoms with Crippen LogP contribution in [-0.4, -0.2) is 21.1 Å². The van der Waals surface area contributed by atoms with Gasteiger partial charge in [-0.15, -0.1) is 18.3 Å². The SMILES string of the molecule is C=CCSc1nc2c(c(=O)n1C)SCC2. The predicted molar refractivity (Wildman–Crippen MR) is 64.8 cm³/mol. The number of nitrogens with zero attached hydrogens (tertiary/aromatic N) is 2. The van der Waals surface area contributed by atoms with Crippen LogP contribution in [0.4, 0.5) is 0 Å². The molecule has 15 heavy (non-hydrogen) atoms. The second-order valence-electron chi connectivity index (χ2n) is 3.23. The second kappa shape index (κ2) is 4.45. The molecule has 1 aliphatic rings. The van der Waals surface area contributed by atoms with E-state index in [1.165, 1.54) is 0 Å². The van der Waals surface area contributed by atoms with E-state index >= 15 is 0 Å². The number of aromatic nitrogens is 2. The first kappa shape index (κ1) is 10.8. The van der Waals surface area contributed by atoms with Crippen LogP contribution in [0.15, 0.2) is 27.5 Å². The summed E-state index contributed by atoms with van der Waals surface area (Å²) in [6.07, 6.45) is 2.73. The van der Waals surface area contributed by atoms with Gasteiger partial charge in [-0.2, -0.15) is 0 Å². The van der Waals surface area contributed by atoms with E-state index in [1.807, 2.05) is 6.08 Å². The minimum atomic E-state index is 0.0917. The Morgan fingerprint density at radius 3 is 3.27 bits per heavy atom. The van der Waals surface area contributed by atoms with Gasteiger partial charge >= 0.3 is 0 Å². The van der Waals surface area contributed by atoms with Crippen molar-refractivity contribution >= 4 is 23.5 Å². The van der Waals surface area contributed by atoms with Crippen molar-refractivity contribution in [3.05, 3.63) is 28.7 Å². The molecule has 0 radical (unpaired) electrons. The van der Waals surface area contributed by atoms with Gasteiger partial charge in [-0.05, 0) is 0 Å². The van der Waals surface area contributed by atoms with Crippen LogP contribution < -0.4 is 5.56 Å². The monoisotopic (exact) mass is 240 g/mol. The fraction of sp³-hybridized carbons (Fsp3) is 0.400. The first-order valence-corrected chi connectivity index (χ1v) is 6.67. The number of hydrogen-bond donors (Lipinski definition) is 0. The molecule has 1 aliphatic heterocycles. The highest BCUT2D eigenvalue weighted by atomic mass is 32.2. The third kappa shape index (κ3) is 1.99. The Labute approximate surface area is 97.0 Å². The Balaban J connectivity index is 2.44. The van der Waals surface area contributed by atoms with Gasteiger partial charge in [0.25, 0.3) is 5.56 Å². The molecule has 0 atom stereocenters. The molecule has 0 saturated heterocycles. The number of thioether (sulfide) groups is 2. The van der Waals surface area contributed by atoms with E-state index in [1.54, 1.807) is 35.1 Å². The lowest BCUT2D eigenvalue weighted by Crippen LogP contribution is -2.22. The summed E-state index contributed by atoms with van der Waals surface area (Å²) >= 11 is 3.17. The van der Waals surface area contributed by atoms with Crippen molar-refractivity contribution in [3.63, 3.8) is 0 Å². The smallest absolute Gasteiger partial charge is 0.267 e. The lowest BCUT2D eigenvalue weighted by atomic mass is 10.3. The van der Waals surface area contributed by atoms with E-state index in [2.05, 4.69) is 11.6 Å². The van der Waals surface area contributed by atoms with E-state index in [9.17, 15) is 4.79 Å². The largest absolute Gasteiger partial charge is 0.290 e. The van der Waals surface area contributed by atoms with E-state index in [4.69, 9.17) is 0 Å². The fourth-order valence-corrected chi connectivity index (χ4v) is 3.22. The Kier molecular flexibility index (Phi) is 3.21. The first-order chi connectivity index (χ1) is 7.24. The molecule has 0 spiro atoms. The molecule has 1 aromatic rings. The van der Waals surface area contributed by atoms with Crippen LogP contribution in [-0.2, 0) is 13.5 Å². The molecule has 2 rings (SSSR count). The molecule has 0 aliphatic carbocycles. The summed E-state index contributed by atoms with van der Waals surface area (Å²) in [6.45, 7) is 3.66. The van der Waals surface area contributed by atoms with Crippen molar-refractivity contribution in [1.82, 2.24) is 9.55 Å². The number of rotatable bonds is 3. The highest BCUT2D eigenvalue weighted by Gasteiger charge is 2.19. The minimum absolute atomic E-state index is 0.0917. The van der Waals surface area contributed by atoms with Crippen LogP contribution in [0, 0.1) is 0 Å². The average Bonchev–Trinajstić information content (AvgIpc) is 2.69. The van der Waals surface area contributed by atoms with Crippen molar-refractivity contribution in [1.29, 1.82) is 0 Å². The van der Waals surface area contributed by atoms with Crippen LogP contribution in [0.5, 0.6) is 0 Å². The van der Waals surface area contributed by atoms with Crippen LogP contribution in [0.1, 0.15) is 5.69 Å². The number of hydrogen-bond acceptors (Lipinski definition) is 4. The average molecular weight is 240 g/mol. The van der Waals surface area contributed by atoms with Crippen molar-refractivity contribution < 1.29 is 0 Å². The summed E-state index contributed by atoms with van der Waals surface area (Å²) in [7, 11) is 1.78. The molecule has 5 heteroatoms. The zero-order chi connectivity index (χ0) is 10.8. The molecular weight excluding hydrogens is 228 g/mol. The van der Waals surface area contributed by atoms with Crippen molar-refractivity contribution in [2.24, 2.45) is 7.05 Å². The van der Waals surface area contributed by atoms with E-state index in [0.29, 0.717) is 0 Å². The van der Waals surface area contributed by atoms with E-state index in [0.717, 1.165) is 33.7 Å². The summed E-state index contributed by atoms with van der Waals surface area (Å²) in [5, 5.41) is 0.793. The van der Waals surface area contributed by atoms with Crippen LogP contribution >= 0.6 is 23.5 Å². The van der Waals surface area contributed by atoms with Gasteiger partial charge < -0.3 is 0 Å². The maximum absolute atomic E-state index is 11.9. The fourth-order valence-electron chi connectivity index (χ4n) is 1.43. The molecule has 0 bridgehead atoms. The van der Waals surface area contributed by atoms with Crippen LogP contribution in [0.25, 0.3) is 0 Å². The molecule has 2 heterocycles.